The van der Waals surface area contributed by atoms with Gasteiger partial charge in [-0.05, 0) is 25.8 Å². The number of allylic oxidation sites excluding steroid dienone is 2. The van der Waals surface area contributed by atoms with E-state index < -0.39 is 5.97 Å². The second kappa shape index (κ2) is 9.01. The zero-order chi connectivity index (χ0) is 19.2. The van der Waals surface area contributed by atoms with Crippen LogP contribution in [0.3, 0.4) is 0 Å². The van der Waals surface area contributed by atoms with Crippen LogP contribution in [0.5, 0.6) is 0 Å². The third kappa shape index (κ3) is 4.86. The number of anilines is 1. The summed E-state index contributed by atoms with van der Waals surface area (Å²) in [6.45, 7) is 3.98. The Labute approximate surface area is 164 Å². The number of esters is 1. The van der Waals surface area contributed by atoms with Gasteiger partial charge in [0.05, 0.1) is 28.8 Å². The smallest absolute Gasteiger partial charge is 0.350 e. The SMILES string of the molecule is CCOC(=O)c1cnc(NC(=O)C(CC)Sc2nc3c([nH]2)=CC=CCC=3)s1. The zero-order valence-electron chi connectivity index (χ0n) is 15.0. The summed E-state index contributed by atoms with van der Waals surface area (Å²) < 4.78 is 4.93. The molecule has 142 valence electrons. The van der Waals surface area contributed by atoms with Gasteiger partial charge in [-0.2, -0.15) is 0 Å². The van der Waals surface area contributed by atoms with Crippen LogP contribution in [0.15, 0.2) is 23.5 Å². The molecule has 0 bridgehead atoms. The minimum Gasteiger partial charge on any atom is -0.462 e. The minimum atomic E-state index is -0.435. The summed E-state index contributed by atoms with van der Waals surface area (Å²) in [4.78, 5) is 36.6. The van der Waals surface area contributed by atoms with E-state index >= 15 is 0 Å². The first-order valence-corrected chi connectivity index (χ1v) is 10.3. The van der Waals surface area contributed by atoms with Crippen LogP contribution < -0.4 is 16.0 Å². The molecule has 0 fully saturated rings. The molecule has 0 aromatic carbocycles. The van der Waals surface area contributed by atoms with Gasteiger partial charge >= 0.3 is 5.97 Å². The molecule has 1 aliphatic carbocycles. The molecule has 2 heterocycles. The monoisotopic (exact) mass is 404 g/mol. The van der Waals surface area contributed by atoms with Crippen LogP contribution in [0.1, 0.15) is 36.4 Å². The number of rotatable bonds is 7. The number of carbonyl (C=O) groups excluding carboxylic acids is 2. The topological polar surface area (TPSA) is 97.0 Å². The van der Waals surface area contributed by atoms with Crippen molar-refractivity contribution in [2.45, 2.75) is 37.1 Å². The number of nitrogens with one attached hydrogen (secondary N) is 2. The number of imidazole rings is 1. The van der Waals surface area contributed by atoms with E-state index in [9.17, 15) is 9.59 Å². The van der Waals surface area contributed by atoms with E-state index in [0.717, 1.165) is 28.5 Å². The van der Waals surface area contributed by atoms with Gasteiger partial charge in [0.25, 0.3) is 0 Å². The molecule has 1 aliphatic rings. The molecule has 2 aromatic heterocycles. The van der Waals surface area contributed by atoms with E-state index in [-0.39, 0.29) is 11.2 Å². The number of aromatic nitrogens is 3. The molecule has 9 heteroatoms. The molecule has 0 radical (unpaired) electrons. The highest BCUT2D eigenvalue weighted by Crippen LogP contribution is 2.24. The minimum absolute atomic E-state index is 0.174. The fourth-order valence-corrected chi connectivity index (χ4v) is 4.04. The van der Waals surface area contributed by atoms with Crippen LogP contribution in [0.25, 0.3) is 12.2 Å². The van der Waals surface area contributed by atoms with E-state index in [0.29, 0.717) is 28.2 Å². The number of H-pyrrole nitrogens is 1. The highest BCUT2D eigenvalue weighted by Gasteiger charge is 2.21. The standard InChI is InChI=1S/C18H20N4O3S2/c1-3-13(26-18-20-11-8-6-5-7-9-12(11)21-18)15(23)22-17-19-10-14(27-17)16(24)25-4-2/h5-6,8-10,13H,3-4,7H2,1-2H3,(H,20,21)(H,19,22,23). The summed E-state index contributed by atoms with van der Waals surface area (Å²) in [5.74, 6) is -0.609. The van der Waals surface area contributed by atoms with Gasteiger partial charge in [0.15, 0.2) is 10.3 Å². The van der Waals surface area contributed by atoms with Crippen molar-refractivity contribution in [2.75, 3.05) is 11.9 Å². The van der Waals surface area contributed by atoms with Gasteiger partial charge in [-0.15, -0.1) is 0 Å². The van der Waals surface area contributed by atoms with Gasteiger partial charge in [0.2, 0.25) is 5.91 Å². The van der Waals surface area contributed by atoms with Crippen molar-refractivity contribution in [3.8, 4) is 0 Å². The lowest BCUT2D eigenvalue weighted by molar-refractivity contribution is -0.115. The van der Waals surface area contributed by atoms with Crippen molar-refractivity contribution in [3.63, 3.8) is 0 Å². The van der Waals surface area contributed by atoms with Crippen LogP contribution in [0.2, 0.25) is 0 Å². The van der Waals surface area contributed by atoms with E-state index in [1.54, 1.807) is 6.92 Å². The van der Waals surface area contributed by atoms with E-state index in [4.69, 9.17) is 4.74 Å². The molecule has 0 saturated heterocycles. The van der Waals surface area contributed by atoms with Crippen LogP contribution >= 0.6 is 23.1 Å². The molecule has 0 spiro atoms. The first-order valence-electron chi connectivity index (χ1n) is 8.64. The maximum atomic E-state index is 12.6. The van der Waals surface area contributed by atoms with E-state index in [2.05, 4.69) is 26.3 Å². The fourth-order valence-electron chi connectivity index (χ4n) is 2.41. The highest BCUT2D eigenvalue weighted by atomic mass is 32.2. The Morgan fingerprint density at radius 1 is 1.44 bits per heavy atom. The van der Waals surface area contributed by atoms with Crippen molar-refractivity contribution in [3.05, 3.63) is 33.9 Å². The van der Waals surface area contributed by atoms with Crippen LogP contribution in [-0.2, 0) is 9.53 Å². The maximum Gasteiger partial charge on any atom is 0.350 e. The van der Waals surface area contributed by atoms with Crippen molar-refractivity contribution < 1.29 is 14.3 Å². The third-order valence-corrected chi connectivity index (χ3v) is 5.86. The molecule has 1 atom stereocenters. The zero-order valence-corrected chi connectivity index (χ0v) is 16.7. The predicted octanol–water partition coefficient (Wildman–Crippen LogP) is 2.07. The number of fused-ring (bicyclic) bond motifs is 1. The lowest BCUT2D eigenvalue weighted by atomic mass is 10.3. The maximum absolute atomic E-state index is 12.6. The lowest BCUT2D eigenvalue weighted by Gasteiger charge is -2.11. The Hall–Kier alpha value is -2.39. The number of hydrogen-bond acceptors (Lipinski definition) is 7. The van der Waals surface area contributed by atoms with E-state index in [1.165, 1.54) is 18.0 Å². The second-order valence-electron chi connectivity index (χ2n) is 5.63. The third-order valence-electron chi connectivity index (χ3n) is 3.72. The quantitative estimate of drug-likeness (QED) is 0.542. The molecule has 1 unspecified atom stereocenters. The summed E-state index contributed by atoms with van der Waals surface area (Å²) in [6.07, 6.45) is 10.9. The molecule has 3 rings (SSSR count). The Morgan fingerprint density at radius 2 is 2.30 bits per heavy atom. The summed E-state index contributed by atoms with van der Waals surface area (Å²) in [5.41, 5.74) is 0. The summed E-state index contributed by atoms with van der Waals surface area (Å²) in [7, 11) is 0. The van der Waals surface area contributed by atoms with Gasteiger partial charge in [-0.3, -0.25) is 4.79 Å². The Kier molecular flexibility index (Phi) is 6.46. The van der Waals surface area contributed by atoms with Crippen LogP contribution in [0, 0.1) is 0 Å². The number of nitrogens with zero attached hydrogens (tertiary/aromatic N) is 2. The van der Waals surface area contributed by atoms with Gasteiger partial charge < -0.3 is 15.0 Å². The molecule has 7 nitrogen and oxygen atoms in total. The molecule has 27 heavy (non-hydrogen) atoms. The first-order chi connectivity index (χ1) is 13.1. The van der Waals surface area contributed by atoms with Crippen molar-refractivity contribution in [1.29, 1.82) is 0 Å². The molecule has 1 amide bonds. The summed E-state index contributed by atoms with van der Waals surface area (Å²) in [6, 6.07) is 0. The van der Waals surface area contributed by atoms with E-state index in [1.807, 2.05) is 25.2 Å². The number of carbonyl (C=O) groups is 2. The molecular weight excluding hydrogens is 384 g/mol. The highest BCUT2D eigenvalue weighted by molar-refractivity contribution is 8.00. The van der Waals surface area contributed by atoms with Gasteiger partial charge in [0.1, 0.15) is 4.88 Å². The number of thiazole rings is 1. The largest absolute Gasteiger partial charge is 0.462 e. The molecule has 0 saturated carbocycles. The summed E-state index contributed by atoms with van der Waals surface area (Å²) in [5, 5.41) is 5.37. The normalized spacial score (nSPS) is 13.7. The number of aromatic amines is 1. The number of ether oxygens (including phenoxy) is 1. The van der Waals surface area contributed by atoms with Crippen LogP contribution in [0.4, 0.5) is 5.13 Å². The Balaban J connectivity index is 1.67. The lowest BCUT2D eigenvalue weighted by Crippen LogP contribution is -2.24. The van der Waals surface area contributed by atoms with Gasteiger partial charge in [-0.25, -0.2) is 14.8 Å². The Bertz CT molecular complexity index is 977. The predicted molar refractivity (Wildman–Crippen MR) is 107 cm³/mol. The Morgan fingerprint density at radius 3 is 3.07 bits per heavy atom. The van der Waals surface area contributed by atoms with Crippen LogP contribution in [-0.4, -0.2) is 38.7 Å². The van der Waals surface area contributed by atoms with Crippen molar-refractivity contribution >= 4 is 52.3 Å². The average Bonchev–Trinajstić information content (AvgIpc) is 3.21. The first kappa shape index (κ1) is 19.4. The number of thioether (sulfide) groups is 1. The molecule has 2 aromatic rings. The average molecular weight is 405 g/mol. The molecular formula is C18H20N4O3S2. The van der Waals surface area contributed by atoms with Gasteiger partial charge in [0, 0.05) is 0 Å². The molecule has 0 aliphatic heterocycles. The van der Waals surface area contributed by atoms with Crippen molar-refractivity contribution in [1.82, 2.24) is 15.0 Å². The summed E-state index contributed by atoms with van der Waals surface area (Å²) >= 11 is 2.48. The number of hydrogen-bond donors (Lipinski definition) is 2. The fraction of sp³-hybridized carbons (Fsp3) is 0.333. The molecule has 2 N–H and O–H groups in total. The van der Waals surface area contributed by atoms with Gasteiger partial charge in [-0.1, -0.05) is 48.3 Å². The second-order valence-corrected chi connectivity index (χ2v) is 7.85. The number of amides is 1. The van der Waals surface area contributed by atoms with Crippen molar-refractivity contribution in [2.24, 2.45) is 0 Å².